The van der Waals surface area contributed by atoms with Gasteiger partial charge in [0, 0.05) is 10.5 Å². The molecule has 0 aliphatic carbocycles. The molecule has 12 nitrogen and oxygen atoms in total. The Bertz CT molecular complexity index is 1020. The van der Waals surface area contributed by atoms with Crippen LogP contribution in [-0.2, 0) is 4.74 Å². The molecule has 4 atom stereocenters. The third kappa shape index (κ3) is 2.42. The van der Waals surface area contributed by atoms with Crippen LogP contribution in [0.3, 0.4) is 0 Å². The summed E-state index contributed by atoms with van der Waals surface area (Å²) in [4.78, 5) is 6.93. The van der Waals surface area contributed by atoms with E-state index in [2.05, 4.69) is 35.5 Å². The molecule has 1 aliphatic heterocycles. The number of nitrogen functional groups attached to an aromatic ring is 1. The zero-order valence-corrected chi connectivity index (χ0v) is 14.7. The van der Waals surface area contributed by atoms with Crippen LogP contribution < -0.4 is 5.73 Å². The molecule has 140 valence electrons. The minimum Gasteiger partial charge on any atom is -0.393 e. The zero-order valence-electron chi connectivity index (χ0n) is 14.7. The number of fused-ring (bicyclic) bond motifs is 1. The number of aromatic amines is 1. The average Bonchev–Trinajstić information content (AvgIpc) is 3.36. The molecule has 0 spiro atoms. The van der Waals surface area contributed by atoms with Crippen molar-refractivity contribution in [1.82, 2.24) is 30.0 Å². The van der Waals surface area contributed by atoms with Gasteiger partial charge in [-0.15, -0.1) is 5.10 Å². The number of aliphatic hydroxyl groups excluding tert-OH is 1. The molecule has 4 rings (SSSR count). The molecule has 1 saturated heterocycles. The monoisotopic (exact) mass is 370 g/mol. The minimum atomic E-state index is -1.34. The van der Waals surface area contributed by atoms with Crippen molar-refractivity contribution < 1.29 is 9.84 Å². The van der Waals surface area contributed by atoms with E-state index < -0.39 is 18.4 Å². The molecule has 0 aromatic carbocycles. The number of hydrogen-bond donors (Lipinski definition) is 3. The van der Waals surface area contributed by atoms with Crippen molar-refractivity contribution in [2.75, 3.05) is 12.3 Å². The number of nitrogens with zero attached hydrogens (tertiary/aromatic N) is 8. The molecule has 4 heterocycles. The SMILES string of the molecule is C[C@H]1[C@H](c2cc(-c3cnn[nH]3)c3c(N)ncnn23)O[C@@](CO)(N=[N+]=[N-])[C@H]1C. The van der Waals surface area contributed by atoms with Gasteiger partial charge in [0.15, 0.2) is 11.5 Å². The molecule has 1 fully saturated rings. The van der Waals surface area contributed by atoms with Crippen LogP contribution in [0.25, 0.3) is 27.2 Å². The van der Waals surface area contributed by atoms with Gasteiger partial charge >= 0.3 is 0 Å². The Hall–Kier alpha value is -3.21. The third-order valence-electron chi connectivity index (χ3n) is 5.36. The maximum atomic E-state index is 9.85. The van der Waals surface area contributed by atoms with E-state index in [1.54, 1.807) is 10.7 Å². The van der Waals surface area contributed by atoms with Crippen molar-refractivity contribution in [2.45, 2.75) is 25.7 Å². The smallest absolute Gasteiger partial charge is 0.173 e. The van der Waals surface area contributed by atoms with Gasteiger partial charge in [-0.05, 0) is 23.4 Å². The van der Waals surface area contributed by atoms with Crippen LogP contribution in [0.1, 0.15) is 25.6 Å². The lowest BCUT2D eigenvalue weighted by Crippen LogP contribution is -2.36. The number of azide groups is 1. The summed E-state index contributed by atoms with van der Waals surface area (Å²) in [7, 11) is 0. The topological polar surface area (TPSA) is 176 Å². The molecule has 12 heteroatoms. The summed E-state index contributed by atoms with van der Waals surface area (Å²) < 4.78 is 7.74. The van der Waals surface area contributed by atoms with Gasteiger partial charge < -0.3 is 15.6 Å². The molecule has 3 aromatic heterocycles. The first-order valence-electron chi connectivity index (χ1n) is 8.36. The Morgan fingerprint density at radius 3 is 3.00 bits per heavy atom. The van der Waals surface area contributed by atoms with Crippen LogP contribution >= 0.6 is 0 Å². The van der Waals surface area contributed by atoms with Crippen molar-refractivity contribution in [3.05, 3.63) is 34.7 Å². The van der Waals surface area contributed by atoms with Crippen LogP contribution in [-0.4, -0.2) is 47.4 Å². The number of ether oxygens (including phenoxy) is 1. The van der Waals surface area contributed by atoms with Crippen molar-refractivity contribution in [2.24, 2.45) is 17.0 Å². The second-order valence-electron chi connectivity index (χ2n) is 6.64. The highest BCUT2D eigenvalue weighted by molar-refractivity contribution is 5.86. The van der Waals surface area contributed by atoms with Crippen molar-refractivity contribution in [1.29, 1.82) is 0 Å². The third-order valence-corrected chi connectivity index (χ3v) is 5.36. The quantitative estimate of drug-likeness (QED) is 0.353. The number of rotatable bonds is 4. The molecule has 0 unspecified atom stereocenters. The summed E-state index contributed by atoms with van der Waals surface area (Å²) >= 11 is 0. The summed E-state index contributed by atoms with van der Waals surface area (Å²) in [6.45, 7) is 3.44. The fourth-order valence-corrected chi connectivity index (χ4v) is 3.67. The zero-order chi connectivity index (χ0) is 19.2. The molecular weight excluding hydrogens is 352 g/mol. The highest BCUT2D eigenvalue weighted by Gasteiger charge is 2.51. The summed E-state index contributed by atoms with van der Waals surface area (Å²) in [6, 6.07) is 1.87. The van der Waals surface area contributed by atoms with Gasteiger partial charge in [0.05, 0.1) is 24.2 Å². The van der Waals surface area contributed by atoms with Crippen LogP contribution in [0.2, 0.25) is 0 Å². The van der Waals surface area contributed by atoms with Gasteiger partial charge in [-0.1, -0.05) is 24.2 Å². The highest BCUT2D eigenvalue weighted by atomic mass is 16.5. The lowest BCUT2D eigenvalue weighted by Gasteiger charge is -2.25. The van der Waals surface area contributed by atoms with Crippen LogP contribution in [0.15, 0.2) is 23.7 Å². The van der Waals surface area contributed by atoms with Gasteiger partial charge in [0.2, 0.25) is 0 Å². The van der Waals surface area contributed by atoms with Crippen LogP contribution in [0.5, 0.6) is 0 Å². The Morgan fingerprint density at radius 1 is 1.52 bits per heavy atom. The molecule has 0 radical (unpaired) electrons. The Morgan fingerprint density at radius 2 is 2.33 bits per heavy atom. The van der Waals surface area contributed by atoms with E-state index in [1.165, 1.54) is 6.33 Å². The van der Waals surface area contributed by atoms with E-state index in [1.807, 2.05) is 19.9 Å². The number of hydrogen-bond acceptors (Lipinski definition) is 8. The van der Waals surface area contributed by atoms with E-state index in [0.29, 0.717) is 22.7 Å². The largest absolute Gasteiger partial charge is 0.393 e. The maximum Gasteiger partial charge on any atom is 0.173 e. The van der Waals surface area contributed by atoms with Gasteiger partial charge in [0.25, 0.3) is 0 Å². The summed E-state index contributed by atoms with van der Waals surface area (Å²) in [5.74, 6) is 0.0121. The second kappa shape index (κ2) is 6.20. The van der Waals surface area contributed by atoms with E-state index in [-0.39, 0.29) is 11.8 Å². The van der Waals surface area contributed by atoms with E-state index in [0.717, 1.165) is 5.56 Å². The van der Waals surface area contributed by atoms with Gasteiger partial charge in [0.1, 0.15) is 17.9 Å². The Balaban J connectivity index is 1.90. The molecular formula is C15H18N10O2. The number of H-pyrrole nitrogens is 1. The number of aromatic nitrogens is 6. The number of nitrogens with one attached hydrogen (secondary N) is 1. The predicted octanol–water partition coefficient (Wildman–Crippen LogP) is 1.44. The summed E-state index contributed by atoms with van der Waals surface area (Å²) in [6.07, 6.45) is 2.45. The Kier molecular flexibility index (Phi) is 3.95. The van der Waals surface area contributed by atoms with Crippen LogP contribution in [0.4, 0.5) is 5.82 Å². The summed E-state index contributed by atoms with van der Waals surface area (Å²) in [5.41, 5.74) is 16.4. The van der Waals surface area contributed by atoms with Gasteiger partial charge in [-0.3, -0.25) is 5.10 Å². The average molecular weight is 370 g/mol. The molecule has 1 aliphatic rings. The van der Waals surface area contributed by atoms with Gasteiger partial charge in [-0.25, -0.2) is 9.50 Å². The number of anilines is 1. The first-order valence-corrected chi connectivity index (χ1v) is 8.36. The second-order valence-corrected chi connectivity index (χ2v) is 6.64. The molecule has 0 saturated carbocycles. The molecule has 4 N–H and O–H groups in total. The highest BCUT2D eigenvalue weighted by Crippen LogP contribution is 2.49. The van der Waals surface area contributed by atoms with E-state index in [4.69, 9.17) is 16.0 Å². The van der Waals surface area contributed by atoms with E-state index >= 15 is 0 Å². The molecule has 3 aromatic rings. The predicted molar refractivity (Wildman–Crippen MR) is 93.9 cm³/mol. The maximum absolute atomic E-state index is 9.85. The first kappa shape index (κ1) is 17.2. The summed E-state index contributed by atoms with van der Waals surface area (Å²) in [5, 5.41) is 28.3. The van der Waals surface area contributed by atoms with Gasteiger partial charge in [-0.2, -0.15) is 5.10 Å². The lowest BCUT2D eigenvalue weighted by molar-refractivity contribution is -0.0865. The molecule has 0 bridgehead atoms. The normalized spacial score (nSPS) is 27.7. The minimum absolute atomic E-state index is 0.0651. The van der Waals surface area contributed by atoms with E-state index in [9.17, 15) is 5.11 Å². The van der Waals surface area contributed by atoms with Crippen molar-refractivity contribution in [3.8, 4) is 11.3 Å². The fraction of sp³-hybridized carbons (Fsp3) is 0.467. The molecule has 0 amide bonds. The fourth-order valence-electron chi connectivity index (χ4n) is 3.67. The van der Waals surface area contributed by atoms with Crippen molar-refractivity contribution >= 4 is 11.3 Å². The number of nitrogens with two attached hydrogens (primary N) is 1. The van der Waals surface area contributed by atoms with Crippen molar-refractivity contribution in [3.63, 3.8) is 0 Å². The Labute approximate surface area is 153 Å². The van der Waals surface area contributed by atoms with Crippen LogP contribution in [0, 0.1) is 11.8 Å². The number of aliphatic hydroxyl groups is 1. The standard InChI is InChI=1S/C15H18N10O2/c1-7-8(2)15(5-26,22-23-17)27-13(7)11-3-9(10-4-19-24-21-10)12-14(16)18-6-20-25(11)12/h3-4,6-8,13,26H,5H2,1-2H3,(H2,16,18,20)(H,19,21,24)/t7-,8+,13-,15-/m1/s1. The molecule has 27 heavy (non-hydrogen) atoms. The lowest BCUT2D eigenvalue weighted by atomic mass is 9.86. The first-order chi connectivity index (χ1) is 13.0.